The molecule has 0 bridgehead atoms. The van der Waals surface area contributed by atoms with Crippen LogP contribution in [0.4, 0.5) is 0 Å². The molecule has 0 aliphatic heterocycles. The van der Waals surface area contributed by atoms with Crippen molar-refractivity contribution >= 4 is 0 Å². The highest BCUT2D eigenvalue weighted by molar-refractivity contribution is 5.26. The normalized spacial score (nSPS) is 24.4. The molecule has 0 amide bonds. The van der Waals surface area contributed by atoms with Crippen molar-refractivity contribution in [1.29, 1.82) is 0 Å². The zero-order valence-corrected chi connectivity index (χ0v) is 9.69. The van der Waals surface area contributed by atoms with Crippen LogP contribution in [0.1, 0.15) is 37.7 Å². The lowest BCUT2D eigenvalue weighted by atomic mass is 10.0. The van der Waals surface area contributed by atoms with Crippen LogP contribution in [0.15, 0.2) is 30.3 Å². The van der Waals surface area contributed by atoms with E-state index < -0.39 is 0 Å². The van der Waals surface area contributed by atoms with Crippen LogP contribution in [0.3, 0.4) is 0 Å². The summed E-state index contributed by atoms with van der Waals surface area (Å²) in [4.78, 5) is 0. The van der Waals surface area contributed by atoms with E-state index in [1.807, 2.05) is 13.0 Å². The first-order chi connectivity index (χ1) is 7.83. The average molecular weight is 214 g/mol. The number of hydrogen-bond donors (Lipinski definition) is 1. The quantitative estimate of drug-likeness (QED) is 0.764. The Morgan fingerprint density at radius 2 is 2.12 bits per heavy atom. The number of benzene rings is 1. The maximum atomic E-state index is 9.98. The van der Waals surface area contributed by atoms with Crippen LogP contribution in [0.25, 0.3) is 0 Å². The van der Waals surface area contributed by atoms with Crippen LogP contribution in [-0.4, -0.2) is 11.2 Å². The van der Waals surface area contributed by atoms with Crippen molar-refractivity contribution < 1.29 is 5.11 Å². The number of hydrogen-bond acceptors (Lipinski definition) is 1. The van der Waals surface area contributed by atoms with Crippen LogP contribution in [0, 0.1) is 17.8 Å². The highest BCUT2D eigenvalue weighted by atomic mass is 16.3. The molecule has 1 aliphatic carbocycles. The largest absolute Gasteiger partial charge is 0.393 e. The first-order valence-electron chi connectivity index (χ1n) is 5.95. The van der Waals surface area contributed by atoms with Gasteiger partial charge in [-0.3, -0.25) is 0 Å². The Balaban J connectivity index is 1.84. The SMILES string of the molecule is CC#CCCC(O)C1CC1c1ccccc1. The standard InChI is InChI=1S/C15H18O/c1-2-3-5-10-15(16)14-11-13(14)12-8-6-4-7-9-12/h4,6-9,13-16H,5,10-11H2,1H3. The number of rotatable bonds is 4. The van der Waals surface area contributed by atoms with Gasteiger partial charge in [0.05, 0.1) is 6.10 Å². The smallest absolute Gasteiger partial charge is 0.0583 e. The van der Waals surface area contributed by atoms with E-state index in [0.29, 0.717) is 11.8 Å². The molecule has 1 aromatic carbocycles. The zero-order chi connectivity index (χ0) is 11.4. The molecule has 1 saturated carbocycles. The van der Waals surface area contributed by atoms with Gasteiger partial charge in [0, 0.05) is 6.42 Å². The highest BCUT2D eigenvalue weighted by Crippen LogP contribution is 2.50. The van der Waals surface area contributed by atoms with Gasteiger partial charge in [0.1, 0.15) is 0 Å². The highest BCUT2D eigenvalue weighted by Gasteiger charge is 2.42. The molecule has 3 unspecified atom stereocenters. The molecule has 0 radical (unpaired) electrons. The first-order valence-corrected chi connectivity index (χ1v) is 5.95. The van der Waals surface area contributed by atoms with Crippen molar-refractivity contribution in [1.82, 2.24) is 0 Å². The zero-order valence-electron chi connectivity index (χ0n) is 9.69. The second-order valence-corrected chi connectivity index (χ2v) is 4.45. The third kappa shape index (κ3) is 2.65. The van der Waals surface area contributed by atoms with Gasteiger partial charge >= 0.3 is 0 Å². The van der Waals surface area contributed by atoms with E-state index >= 15 is 0 Å². The Morgan fingerprint density at radius 1 is 1.38 bits per heavy atom. The molecule has 0 heterocycles. The van der Waals surface area contributed by atoms with Gasteiger partial charge in [-0.15, -0.1) is 11.8 Å². The summed E-state index contributed by atoms with van der Waals surface area (Å²) in [5, 5.41) is 9.98. The van der Waals surface area contributed by atoms with E-state index in [1.54, 1.807) is 0 Å². The third-order valence-electron chi connectivity index (χ3n) is 3.30. The lowest BCUT2D eigenvalue weighted by Crippen LogP contribution is -2.09. The molecule has 1 N–H and O–H groups in total. The summed E-state index contributed by atoms with van der Waals surface area (Å²) in [6.45, 7) is 1.84. The summed E-state index contributed by atoms with van der Waals surface area (Å²) < 4.78 is 0. The maximum absolute atomic E-state index is 9.98. The Morgan fingerprint density at radius 3 is 2.81 bits per heavy atom. The second-order valence-electron chi connectivity index (χ2n) is 4.45. The topological polar surface area (TPSA) is 20.2 Å². The summed E-state index contributed by atoms with van der Waals surface area (Å²) in [6, 6.07) is 10.5. The molecule has 2 rings (SSSR count). The third-order valence-corrected chi connectivity index (χ3v) is 3.30. The Labute approximate surface area is 97.5 Å². The molecule has 0 aromatic heterocycles. The van der Waals surface area contributed by atoms with Crippen LogP contribution in [-0.2, 0) is 0 Å². The summed E-state index contributed by atoms with van der Waals surface area (Å²) >= 11 is 0. The summed E-state index contributed by atoms with van der Waals surface area (Å²) in [6.07, 6.45) is 2.58. The number of aliphatic hydroxyl groups is 1. The Kier molecular flexibility index (Phi) is 3.64. The van der Waals surface area contributed by atoms with Crippen molar-refractivity contribution in [3.8, 4) is 11.8 Å². The predicted octanol–water partition coefficient (Wildman–Crippen LogP) is 2.95. The first kappa shape index (κ1) is 11.2. The van der Waals surface area contributed by atoms with Gasteiger partial charge in [-0.25, -0.2) is 0 Å². The molecule has 0 spiro atoms. The monoisotopic (exact) mass is 214 g/mol. The number of aliphatic hydroxyl groups excluding tert-OH is 1. The van der Waals surface area contributed by atoms with Crippen molar-refractivity contribution in [3.05, 3.63) is 35.9 Å². The fourth-order valence-corrected chi connectivity index (χ4v) is 2.28. The molecule has 84 valence electrons. The molecular formula is C15H18O. The van der Waals surface area contributed by atoms with Crippen LogP contribution < -0.4 is 0 Å². The van der Waals surface area contributed by atoms with E-state index in [4.69, 9.17) is 0 Å². The lowest BCUT2D eigenvalue weighted by Gasteiger charge is -2.07. The van der Waals surface area contributed by atoms with Gasteiger partial charge in [0.2, 0.25) is 0 Å². The maximum Gasteiger partial charge on any atom is 0.0583 e. The van der Waals surface area contributed by atoms with Crippen LogP contribution in [0.5, 0.6) is 0 Å². The van der Waals surface area contributed by atoms with E-state index in [-0.39, 0.29) is 6.10 Å². The fourth-order valence-electron chi connectivity index (χ4n) is 2.28. The minimum atomic E-state index is -0.175. The lowest BCUT2D eigenvalue weighted by molar-refractivity contribution is 0.141. The molecule has 3 atom stereocenters. The molecular weight excluding hydrogens is 196 g/mol. The minimum Gasteiger partial charge on any atom is -0.393 e. The van der Waals surface area contributed by atoms with E-state index in [1.165, 1.54) is 5.56 Å². The van der Waals surface area contributed by atoms with Crippen LogP contribution in [0.2, 0.25) is 0 Å². The average Bonchev–Trinajstić information content (AvgIpc) is 3.10. The van der Waals surface area contributed by atoms with E-state index in [0.717, 1.165) is 19.3 Å². The summed E-state index contributed by atoms with van der Waals surface area (Å²) in [5.41, 5.74) is 1.37. The summed E-state index contributed by atoms with van der Waals surface area (Å²) in [5.74, 6) is 6.90. The van der Waals surface area contributed by atoms with Gasteiger partial charge in [0.15, 0.2) is 0 Å². The van der Waals surface area contributed by atoms with Crippen molar-refractivity contribution in [2.24, 2.45) is 5.92 Å². The van der Waals surface area contributed by atoms with Gasteiger partial charge in [-0.1, -0.05) is 30.3 Å². The van der Waals surface area contributed by atoms with E-state index in [2.05, 4.69) is 36.1 Å². The molecule has 1 fully saturated rings. The minimum absolute atomic E-state index is 0.175. The van der Waals surface area contributed by atoms with Crippen molar-refractivity contribution in [2.75, 3.05) is 0 Å². The molecule has 1 aliphatic rings. The van der Waals surface area contributed by atoms with Gasteiger partial charge in [0.25, 0.3) is 0 Å². The molecule has 1 heteroatoms. The Bertz CT molecular complexity index is 385. The Hall–Kier alpha value is -1.26. The van der Waals surface area contributed by atoms with Crippen molar-refractivity contribution in [3.63, 3.8) is 0 Å². The molecule has 1 nitrogen and oxygen atoms in total. The fraction of sp³-hybridized carbons (Fsp3) is 0.467. The summed E-state index contributed by atoms with van der Waals surface area (Å²) in [7, 11) is 0. The van der Waals surface area contributed by atoms with Gasteiger partial charge in [-0.2, -0.15) is 0 Å². The van der Waals surface area contributed by atoms with Crippen molar-refractivity contribution in [2.45, 2.75) is 38.2 Å². The van der Waals surface area contributed by atoms with Gasteiger partial charge in [-0.05, 0) is 37.2 Å². The molecule has 1 aromatic rings. The molecule has 16 heavy (non-hydrogen) atoms. The second kappa shape index (κ2) is 5.18. The molecule has 0 saturated heterocycles. The van der Waals surface area contributed by atoms with E-state index in [9.17, 15) is 5.11 Å². The van der Waals surface area contributed by atoms with Crippen LogP contribution >= 0.6 is 0 Å². The predicted molar refractivity (Wildman–Crippen MR) is 66.0 cm³/mol. The van der Waals surface area contributed by atoms with Gasteiger partial charge < -0.3 is 5.11 Å².